The van der Waals surface area contributed by atoms with E-state index >= 15 is 0 Å². The molecule has 138 valence electrons. The zero-order chi connectivity index (χ0) is 19.6. The molecule has 7 heteroatoms. The lowest BCUT2D eigenvalue weighted by molar-refractivity contribution is 0.0991. The monoisotopic (exact) mass is 385 g/mol. The van der Waals surface area contributed by atoms with Crippen LogP contribution in [0.1, 0.15) is 15.9 Å². The Morgan fingerprint density at radius 1 is 1.11 bits per heavy atom. The minimum Gasteiger partial charge on any atom is -0.449 e. The third-order valence-electron chi connectivity index (χ3n) is 3.96. The van der Waals surface area contributed by atoms with Crippen LogP contribution in [0.25, 0.3) is 10.4 Å². The van der Waals surface area contributed by atoms with E-state index in [1.165, 1.54) is 18.0 Å². The van der Waals surface area contributed by atoms with E-state index in [1.807, 2.05) is 19.1 Å². The van der Waals surface area contributed by atoms with Gasteiger partial charge >= 0.3 is 6.16 Å². The number of carboxylic acid groups (broad SMARTS) is 1. The van der Waals surface area contributed by atoms with Gasteiger partial charge in [0.1, 0.15) is 5.82 Å². The van der Waals surface area contributed by atoms with Gasteiger partial charge in [-0.15, -0.1) is 0 Å². The van der Waals surface area contributed by atoms with Crippen LogP contribution < -0.4 is 9.64 Å². The largest absolute Gasteiger partial charge is 0.512 e. The molecule has 0 saturated carbocycles. The average molecular weight is 385 g/mol. The summed E-state index contributed by atoms with van der Waals surface area (Å²) in [5.41, 5.74) is 2.02. The lowest BCUT2D eigenvalue weighted by Crippen LogP contribution is -2.26. The van der Waals surface area contributed by atoms with Crippen LogP contribution in [0.4, 0.5) is 14.9 Å². The van der Waals surface area contributed by atoms with Crippen LogP contribution in [0.5, 0.6) is 5.06 Å². The van der Waals surface area contributed by atoms with E-state index in [-0.39, 0.29) is 16.7 Å². The van der Waals surface area contributed by atoms with Gasteiger partial charge < -0.3 is 14.7 Å². The second kappa shape index (κ2) is 7.59. The van der Waals surface area contributed by atoms with Crippen molar-refractivity contribution in [3.63, 3.8) is 0 Å². The topological polar surface area (TPSA) is 66.8 Å². The summed E-state index contributed by atoms with van der Waals surface area (Å²) in [6.45, 7) is 1.91. The van der Waals surface area contributed by atoms with Crippen molar-refractivity contribution in [2.45, 2.75) is 6.92 Å². The lowest BCUT2D eigenvalue weighted by atomic mass is 10.1. The Bertz CT molecular complexity index is 997. The molecule has 0 atom stereocenters. The van der Waals surface area contributed by atoms with Crippen molar-refractivity contribution < 1.29 is 23.8 Å². The molecule has 0 saturated heterocycles. The zero-order valence-corrected chi connectivity index (χ0v) is 15.4. The Morgan fingerprint density at radius 2 is 1.78 bits per heavy atom. The smallest absolute Gasteiger partial charge is 0.449 e. The van der Waals surface area contributed by atoms with E-state index in [0.29, 0.717) is 16.0 Å². The number of carbonyl (C=O) groups is 2. The molecule has 0 bridgehead atoms. The highest BCUT2D eigenvalue weighted by molar-refractivity contribution is 7.18. The predicted molar refractivity (Wildman–Crippen MR) is 102 cm³/mol. The standard InChI is InChI=1S/C20H16FNO4S/c1-12-7-9-13(10-8-12)18(23)22(2)16-11-17(27-19(16)26-20(24)25)14-5-3-4-6-15(14)21/h3-11H,1-2H3,(H,24,25). The van der Waals surface area contributed by atoms with Crippen LogP contribution in [-0.4, -0.2) is 24.2 Å². The first kappa shape index (κ1) is 18.6. The molecule has 27 heavy (non-hydrogen) atoms. The summed E-state index contributed by atoms with van der Waals surface area (Å²) in [5, 5.41) is 9.00. The maximum atomic E-state index is 14.1. The third kappa shape index (κ3) is 3.98. The fourth-order valence-corrected chi connectivity index (χ4v) is 3.60. The Labute approximate surface area is 159 Å². The Kier molecular flexibility index (Phi) is 5.23. The molecule has 3 rings (SSSR count). The summed E-state index contributed by atoms with van der Waals surface area (Å²) >= 11 is 0.962. The minimum atomic E-state index is -1.51. The van der Waals surface area contributed by atoms with E-state index in [1.54, 1.807) is 36.4 Å². The van der Waals surface area contributed by atoms with Crippen molar-refractivity contribution >= 4 is 29.1 Å². The first-order chi connectivity index (χ1) is 12.9. The van der Waals surface area contributed by atoms with Crippen molar-refractivity contribution in [2.24, 2.45) is 0 Å². The number of anilines is 1. The fraction of sp³-hybridized carbons (Fsp3) is 0.100. The average Bonchev–Trinajstić information content (AvgIpc) is 3.04. The number of hydrogen-bond donors (Lipinski definition) is 1. The molecule has 0 aliphatic carbocycles. The van der Waals surface area contributed by atoms with Gasteiger partial charge in [0.25, 0.3) is 5.91 Å². The van der Waals surface area contributed by atoms with E-state index in [2.05, 4.69) is 0 Å². The quantitative estimate of drug-likeness (QED) is 0.627. The van der Waals surface area contributed by atoms with Gasteiger partial charge in [-0.2, -0.15) is 0 Å². The van der Waals surface area contributed by atoms with E-state index in [9.17, 15) is 14.0 Å². The van der Waals surface area contributed by atoms with Crippen LogP contribution in [0, 0.1) is 12.7 Å². The van der Waals surface area contributed by atoms with Gasteiger partial charge in [0.05, 0.1) is 5.69 Å². The molecule has 1 N–H and O–H groups in total. The molecular formula is C20H16FNO4S. The van der Waals surface area contributed by atoms with Gasteiger partial charge in [-0.05, 0) is 31.2 Å². The van der Waals surface area contributed by atoms with Crippen LogP contribution in [0.3, 0.4) is 0 Å². The summed E-state index contributed by atoms with van der Waals surface area (Å²) in [4.78, 5) is 25.6. The number of ether oxygens (including phenoxy) is 1. The minimum absolute atomic E-state index is 0.00344. The third-order valence-corrected chi connectivity index (χ3v) is 5.00. The Hall–Kier alpha value is -3.19. The molecule has 0 unspecified atom stereocenters. The number of hydrogen-bond acceptors (Lipinski definition) is 4. The van der Waals surface area contributed by atoms with E-state index in [0.717, 1.165) is 16.9 Å². The summed E-state index contributed by atoms with van der Waals surface area (Å²) < 4.78 is 18.9. The summed E-state index contributed by atoms with van der Waals surface area (Å²) in [6.07, 6.45) is -1.51. The zero-order valence-electron chi connectivity index (χ0n) is 14.6. The molecule has 0 spiro atoms. The molecular weight excluding hydrogens is 369 g/mol. The molecule has 0 aliphatic rings. The number of rotatable bonds is 4. The number of benzene rings is 2. The van der Waals surface area contributed by atoms with Gasteiger partial charge in [0.2, 0.25) is 5.06 Å². The van der Waals surface area contributed by atoms with Gasteiger partial charge in [0, 0.05) is 23.1 Å². The van der Waals surface area contributed by atoms with Crippen molar-refractivity contribution in [1.82, 2.24) is 0 Å². The first-order valence-corrected chi connectivity index (χ1v) is 8.82. The second-order valence-electron chi connectivity index (χ2n) is 5.86. The maximum Gasteiger partial charge on any atom is 0.512 e. The Morgan fingerprint density at radius 3 is 2.41 bits per heavy atom. The molecule has 1 heterocycles. The highest BCUT2D eigenvalue weighted by atomic mass is 32.1. The van der Waals surface area contributed by atoms with Gasteiger partial charge in [0.15, 0.2) is 0 Å². The van der Waals surface area contributed by atoms with E-state index < -0.39 is 12.0 Å². The van der Waals surface area contributed by atoms with Crippen LogP contribution in [0.15, 0.2) is 54.6 Å². The molecule has 3 aromatic rings. The summed E-state index contributed by atoms with van der Waals surface area (Å²) in [5.74, 6) is -0.775. The second-order valence-corrected chi connectivity index (χ2v) is 6.88. The molecule has 2 aromatic carbocycles. The van der Waals surface area contributed by atoms with Crippen molar-refractivity contribution in [1.29, 1.82) is 0 Å². The normalized spacial score (nSPS) is 10.5. The Balaban J connectivity index is 2.02. The molecule has 0 fully saturated rings. The predicted octanol–water partition coefficient (Wildman–Crippen LogP) is 5.20. The van der Waals surface area contributed by atoms with Crippen molar-refractivity contribution in [3.05, 3.63) is 71.5 Å². The first-order valence-electron chi connectivity index (χ1n) is 8.01. The van der Waals surface area contributed by atoms with Crippen LogP contribution in [-0.2, 0) is 0 Å². The number of carbonyl (C=O) groups excluding carboxylic acids is 1. The highest BCUT2D eigenvalue weighted by Crippen LogP contribution is 2.43. The fourth-order valence-electron chi connectivity index (χ4n) is 2.54. The maximum absolute atomic E-state index is 14.1. The lowest BCUT2D eigenvalue weighted by Gasteiger charge is -2.17. The molecule has 0 radical (unpaired) electrons. The van der Waals surface area contributed by atoms with Crippen molar-refractivity contribution in [2.75, 3.05) is 11.9 Å². The summed E-state index contributed by atoms with van der Waals surface area (Å²) in [7, 11) is 1.52. The molecule has 1 amide bonds. The van der Waals surface area contributed by atoms with Crippen LogP contribution in [0.2, 0.25) is 0 Å². The SMILES string of the molecule is Cc1ccc(C(=O)N(C)c2cc(-c3ccccc3F)sc2OC(=O)O)cc1. The van der Waals surface area contributed by atoms with Gasteiger partial charge in [-0.25, -0.2) is 9.18 Å². The number of thiophene rings is 1. The van der Waals surface area contributed by atoms with Gasteiger partial charge in [-0.3, -0.25) is 4.79 Å². The molecule has 5 nitrogen and oxygen atoms in total. The number of nitrogens with zero attached hydrogens (tertiary/aromatic N) is 1. The van der Waals surface area contributed by atoms with Crippen LogP contribution >= 0.6 is 11.3 Å². The number of halogens is 1. The number of amides is 1. The molecule has 0 aliphatic heterocycles. The van der Waals surface area contributed by atoms with Gasteiger partial charge in [-0.1, -0.05) is 47.2 Å². The van der Waals surface area contributed by atoms with E-state index in [4.69, 9.17) is 9.84 Å². The number of aryl methyl sites for hydroxylation is 1. The van der Waals surface area contributed by atoms with Crippen molar-refractivity contribution in [3.8, 4) is 15.5 Å². The summed E-state index contributed by atoms with van der Waals surface area (Å²) in [6, 6.07) is 14.7. The highest BCUT2D eigenvalue weighted by Gasteiger charge is 2.23. The molecule has 1 aromatic heterocycles.